The Balaban J connectivity index is 1.38. The van der Waals surface area contributed by atoms with E-state index in [0.29, 0.717) is 18.7 Å². The molecule has 5 heteroatoms. The van der Waals surface area contributed by atoms with E-state index in [-0.39, 0.29) is 41.4 Å². The summed E-state index contributed by atoms with van der Waals surface area (Å²) >= 11 is 0. The number of rotatable bonds is 7. The molecule has 0 spiro atoms. The molecule has 2 aromatic carbocycles. The number of benzene rings is 2. The molecule has 4 atom stereocenters. The summed E-state index contributed by atoms with van der Waals surface area (Å²) in [7, 11) is 0. The second-order valence-corrected chi connectivity index (χ2v) is 10.0. The molecular weight excluding hydrogens is 438 g/mol. The lowest BCUT2D eigenvalue weighted by atomic mass is 9.68. The summed E-state index contributed by atoms with van der Waals surface area (Å²) in [6.45, 7) is 4.74. The highest BCUT2D eigenvalue weighted by Gasteiger charge is 2.57. The van der Waals surface area contributed by atoms with Crippen molar-refractivity contribution in [2.45, 2.75) is 52.1 Å². The van der Waals surface area contributed by atoms with Crippen molar-refractivity contribution < 1.29 is 19.4 Å². The molecule has 0 bridgehead atoms. The topological polar surface area (TPSA) is 66.8 Å². The van der Waals surface area contributed by atoms with E-state index in [0.717, 1.165) is 31.2 Å². The van der Waals surface area contributed by atoms with Crippen LogP contribution in [-0.4, -0.2) is 29.6 Å². The van der Waals surface area contributed by atoms with Crippen molar-refractivity contribution in [1.82, 2.24) is 0 Å². The number of phenols is 1. The first-order chi connectivity index (χ1) is 17.0. The summed E-state index contributed by atoms with van der Waals surface area (Å²) < 4.78 is 6.32. The molecule has 1 N–H and O–H groups in total. The molecule has 1 aliphatic carbocycles. The minimum atomic E-state index is -0.332. The van der Waals surface area contributed by atoms with Gasteiger partial charge in [0.15, 0.2) is 0 Å². The van der Waals surface area contributed by atoms with E-state index < -0.39 is 0 Å². The van der Waals surface area contributed by atoms with Gasteiger partial charge in [0.25, 0.3) is 0 Å². The minimum Gasteiger partial charge on any atom is -0.507 e. The number of amides is 2. The Labute approximate surface area is 207 Å². The van der Waals surface area contributed by atoms with Crippen molar-refractivity contribution in [2.75, 3.05) is 11.5 Å². The van der Waals surface area contributed by atoms with Crippen LogP contribution >= 0.6 is 0 Å². The van der Waals surface area contributed by atoms with Crippen molar-refractivity contribution in [3.8, 4) is 5.75 Å². The molecule has 0 radical (unpaired) electrons. The number of ether oxygens (including phenoxy) is 1. The molecular formula is C30H33NO4. The maximum Gasteiger partial charge on any atom is 0.238 e. The highest BCUT2D eigenvalue weighted by atomic mass is 16.5. The molecule has 2 amide bonds. The zero-order valence-electron chi connectivity index (χ0n) is 20.4. The number of nitrogens with zero attached hydrogens (tertiary/aromatic N) is 1. The van der Waals surface area contributed by atoms with Crippen LogP contribution in [-0.2, 0) is 14.3 Å². The molecule has 2 aliphatic heterocycles. The van der Waals surface area contributed by atoms with Gasteiger partial charge < -0.3 is 9.84 Å². The fraction of sp³-hybridized carbons (Fsp3) is 0.400. The van der Waals surface area contributed by atoms with E-state index >= 15 is 0 Å². The maximum absolute atomic E-state index is 13.6. The summed E-state index contributed by atoms with van der Waals surface area (Å²) in [5.74, 6) is -0.507. The number of imide groups is 1. The normalized spacial score (nSPS) is 26.3. The zero-order chi connectivity index (χ0) is 24.5. The summed E-state index contributed by atoms with van der Waals surface area (Å²) in [6, 6.07) is 16.6. The first-order valence-corrected chi connectivity index (χ1v) is 12.7. The van der Waals surface area contributed by atoms with E-state index in [4.69, 9.17) is 4.74 Å². The van der Waals surface area contributed by atoms with E-state index in [1.807, 2.05) is 54.6 Å². The van der Waals surface area contributed by atoms with E-state index in [1.165, 1.54) is 21.6 Å². The predicted octanol–water partition coefficient (Wildman–Crippen LogP) is 5.90. The van der Waals surface area contributed by atoms with Crippen molar-refractivity contribution in [2.24, 2.45) is 17.8 Å². The zero-order valence-corrected chi connectivity index (χ0v) is 20.4. The van der Waals surface area contributed by atoms with Gasteiger partial charge in [-0.1, -0.05) is 67.0 Å². The Hall–Kier alpha value is -3.18. The Morgan fingerprint density at radius 3 is 2.54 bits per heavy atom. The van der Waals surface area contributed by atoms with Crippen molar-refractivity contribution in [1.29, 1.82) is 0 Å². The Morgan fingerprint density at radius 2 is 1.80 bits per heavy atom. The third-order valence-electron chi connectivity index (χ3n) is 7.71. The average Bonchev–Trinajstić information content (AvgIpc) is 3.39. The Kier molecular flexibility index (Phi) is 6.61. The third-order valence-corrected chi connectivity index (χ3v) is 7.71. The number of phenolic OH excluding ortho intramolecular Hbond substituents is 1. The fourth-order valence-electron chi connectivity index (χ4n) is 6.15. The van der Waals surface area contributed by atoms with Crippen LogP contribution in [0.2, 0.25) is 0 Å². The van der Waals surface area contributed by atoms with Crippen LogP contribution in [0.4, 0.5) is 5.69 Å². The molecule has 2 aromatic rings. The lowest BCUT2D eigenvalue weighted by molar-refractivity contribution is -0.122. The Morgan fingerprint density at radius 1 is 1.06 bits per heavy atom. The van der Waals surface area contributed by atoms with Crippen LogP contribution in [0.1, 0.15) is 51.5 Å². The van der Waals surface area contributed by atoms with Crippen LogP contribution in [0.25, 0.3) is 6.08 Å². The molecule has 2 heterocycles. The molecule has 0 unspecified atom stereocenters. The number of carbonyl (C=O) groups excluding carboxylic acids is 2. The van der Waals surface area contributed by atoms with Crippen LogP contribution in [0.5, 0.6) is 5.75 Å². The van der Waals surface area contributed by atoms with Crippen LogP contribution in [0.15, 0.2) is 71.3 Å². The number of hydrogen-bond acceptors (Lipinski definition) is 4. The third kappa shape index (κ3) is 4.34. The largest absolute Gasteiger partial charge is 0.507 e. The number of allylic oxidation sites excluding steroid dienone is 2. The highest BCUT2D eigenvalue weighted by molar-refractivity contribution is 6.22. The van der Waals surface area contributed by atoms with Crippen molar-refractivity contribution in [3.63, 3.8) is 0 Å². The minimum absolute atomic E-state index is 0.0204. The number of hydrogen-bond donors (Lipinski definition) is 1. The van der Waals surface area contributed by atoms with Crippen molar-refractivity contribution >= 4 is 23.6 Å². The smallest absolute Gasteiger partial charge is 0.238 e. The molecule has 2 fully saturated rings. The van der Waals surface area contributed by atoms with Gasteiger partial charge in [0.2, 0.25) is 11.8 Å². The van der Waals surface area contributed by atoms with Gasteiger partial charge >= 0.3 is 0 Å². The van der Waals surface area contributed by atoms with Gasteiger partial charge in [0.1, 0.15) is 5.75 Å². The summed E-state index contributed by atoms with van der Waals surface area (Å²) in [4.78, 5) is 28.4. The van der Waals surface area contributed by atoms with Gasteiger partial charge in [-0.05, 0) is 56.4 Å². The molecule has 3 aliphatic rings. The summed E-state index contributed by atoms with van der Waals surface area (Å²) in [5.41, 5.74) is 5.25. The van der Waals surface area contributed by atoms with E-state index in [9.17, 15) is 14.7 Å². The quantitative estimate of drug-likeness (QED) is 0.403. The maximum atomic E-state index is 13.6. The number of carbonyl (C=O) groups is 2. The van der Waals surface area contributed by atoms with Gasteiger partial charge in [-0.25, -0.2) is 0 Å². The van der Waals surface area contributed by atoms with E-state index in [1.54, 1.807) is 6.07 Å². The summed E-state index contributed by atoms with van der Waals surface area (Å²) in [6.07, 6.45) is 6.27. The lowest BCUT2D eigenvalue weighted by Crippen LogP contribution is -2.34. The number of fused-ring (bicyclic) bond motifs is 3. The fourth-order valence-corrected chi connectivity index (χ4v) is 6.15. The molecule has 2 saturated heterocycles. The average molecular weight is 472 g/mol. The standard InChI is InChI=1S/C30H33NO4/c1-3-9-21-17-23-28(30(34)31(29(23)33)22-11-5-4-6-12-22)24-18-35-26(27(21)24)15-14-19(2)16-20-10-7-8-13-25(20)32/h4-8,10-13,16,23-24,26,28,32H,3,9,14-15,17-18H2,1-2H3/b19-16+/t23-,24+,26-,28-/m1/s1. The second-order valence-electron chi connectivity index (χ2n) is 10.0. The SMILES string of the molecule is CCCC1=C2[C@@H](CC/C(C)=C/c3ccccc3O)OC[C@@H]2[C@@H]2C(=O)N(c3ccccc3)C(=O)[C@@H]2C1. The monoisotopic (exact) mass is 471 g/mol. The van der Waals surface area contributed by atoms with Crippen LogP contribution in [0, 0.1) is 17.8 Å². The molecule has 5 rings (SSSR count). The number of anilines is 1. The predicted molar refractivity (Wildman–Crippen MR) is 137 cm³/mol. The number of para-hydroxylation sites is 2. The van der Waals surface area contributed by atoms with Crippen molar-refractivity contribution in [3.05, 3.63) is 76.9 Å². The number of aromatic hydroxyl groups is 1. The molecule has 35 heavy (non-hydrogen) atoms. The van der Waals surface area contributed by atoms with Gasteiger partial charge in [0, 0.05) is 11.5 Å². The van der Waals surface area contributed by atoms with Crippen LogP contribution in [0.3, 0.4) is 0 Å². The first kappa shape index (κ1) is 23.6. The Bertz CT molecular complexity index is 1180. The highest BCUT2D eigenvalue weighted by Crippen LogP contribution is 2.51. The molecule has 182 valence electrons. The summed E-state index contributed by atoms with van der Waals surface area (Å²) in [5, 5.41) is 10.1. The van der Waals surface area contributed by atoms with Gasteiger partial charge in [0.05, 0.1) is 30.2 Å². The molecule has 5 nitrogen and oxygen atoms in total. The second kappa shape index (κ2) is 9.82. The first-order valence-electron chi connectivity index (χ1n) is 12.7. The molecule has 0 aromatic heterocycles. The van der Waals surface area contributed by atoms with Gasteiger partial charge in [-0.15, -0.1) is 0 Å². The van der Waals surface area contributed by atoms with Crippen LogP contribution < -0.4 is 4.90 Å². The lowest BCUT2D eigenvalue weighted by Gasteiger charge is -2.31. The van der Waals surface area contributed by atoms with Gasteiger partial charge in [-0.3, -0.25) is 14.5 Å². The van der Waals surface area contributed by atoms with Gasteiger partial charge in [-0.2, -0.15) is 0 Å². The molecule has 0 saturated carbocycles. The van der Waals surface area contributed by atoms with E-state index in [2.05, 4.69) is 13.8 Å².